The normalized spacial score (nSPS) is 10.7. The first kappa shape index (κ1) is 18.7. The largest absolute Gasteiger partial charge is 0.494 e. The Morgan fingerprint density at radius 1 is 1.07 bits per heavy atom. The van der Waals surface area contributed by atoms with Gasteiger partial charge in [-0.2, -0.15) is 0 Å². The van der Waals surface area contributed by atoms with Gasteiger partial charge in [0, 0.05) is 36.7 Å². The molecule has 0 atom stereocenters. The molecule has 0 aliphatic carbocycles. The van der Waals surface area contributed by atoms with Crippen LogP contribution >= 0.6 is 0 Å². The molecular formula is C22H24N2O3. The lowest BCUT2D eigenvalue weighted by molar-refractivity contribution is -0.121. The van der Waals surface area contributed by atoms with Crippen LogP contribution in [-0.2, 0) is 11.3 Å². The zero-order chi connectivity index (χ0) is 19.2. The Labute approximate surface area is 158 Å². The summed E-state index contributed by atoms with van der Waals surface area (Å²) in [5, 5.41) is 4.01. The zero-order valence-corrected chi connectivity index (χ0v) is 15.7. The second-order valence-corrected chi connectivity index (χ2v) is 6.51. The molecule has 0 fully saturated rings. The SMILES string of the molecule is CCOc1ccc(C(=O)CCC(=O)NCc2ccc3cc[nH]c3c2)cc1C. The maximum atomic E-state index is 12.3. The lowest BCUT2D eigenvalue weighted by Crippen LogP contribution is -2.23. The number of ether oxygens (including phenoxy) is 1. The summed E-state index contributed by atoms with van der Waals surface area (Å²) >= 11 is 0. The van der Waals surface area contributed by atoms with Crippen LogP contribution in [0.3, 0.4) is 0 Å². The molecular weight excluding hydrogens is 340 g/mol. The minimum absolute atomic E-state index is 0.0379. The van der Waals surface area contributed by atoms with Crippen LogP contribution in [0.25, 0.3) is 10.9 Å². The molecule has 1 aromatic heterocycles. The molecule has 5 nitrogen and oxygen atoms in total. The van der Waals surface area contributed by atoms with Crippen molar-refractivity contribution in [2.75, 3.05) is 6.61 Å². The number of nitrogens with one attached hydrogen (secondary N) is 2. The van der Waals surface area contributed by atoms with E-state index in [1.807, 2.05) is 56.4 Å². The van der Waals surface area contributed by atoms with E-state index in [0.717, 1.165) is 27.8 Å². The number of ketones is 1. The summed E-state index contributed by atoms with van der Waals surface area (Å²) < 4.78 is 5.49. The van der Waals surface area contributed by atoms with Gasteiger partial charge in [-0.25, -0.2) is 0 Å². The van der Waals surface area contributed by atoms with E-state index in [2.05, 4.69) is 10.3 Å². The third-order valence-corrected chi connectivity index (χ3v) is 4.48. The van der Waals surface area contributed by atoms with E-state index in [1.54, 1.807) is 6.07 Å². The summed E-state index contributed by atoms with van der Waals surface area (Å²) in [6, 6.07) is 13.4. The van der Waals surface area contributed by atoms with Gasteiger partial charge in [-0.05, 0) is 60.7 Å². The predicted molar refractivity (Wildman–Crippen MR) is 106 cm³/mol. The van der Waals surface area contributed by atoms with Crippen molar-refractivity contribution in [1.82, 2.24) is 10.3 Å². The first-order valence-corrected chi connectivity index (χ1v) is 9.16. The molecule has 0 saturated heterocycles. The Morgan fingerprint density at radius 2 is 1.93 bits per heavy atom. The fourth-order valence-electron chi connectivity index (χ4n) is 3.01. The summed E-state index contributed by atoms with van der Waals surface area (Å²) in [4.78, 5) is 27.6. The molecule has 27 heavy (non-hydrogen) atoms. The Balaban J connectivity index is 1.49. The molecule has 0 radical (unpaired) electrons. The molecule has 2 N–H and O–H groups in total. The number of benzene rings is 2. The molecule has 0 aliphatic heterocycles. The monoisotopic (exact) mass is 364 g/mol. The molecule has 140 valence electrons. The lowest BCUT2D eigenvalue weighted by atomic mass is 10.0. The van der Waals surface area contributed by atoms with Crippen LogP contribution in [0, 0.1) is 6.92 Å². The van der Waals surface area contributed by atoms with Crippen molar-refractivity contribution in [2.24, 2.45) is 0 Å². The average Bonchev–Trinajstić information content (AvgIpc) is 3.14. The third kappa shape index (κ3) is 4.76. The van der Waals surface area contributed by atoms with Gasteiger partial charge in [-0.1, -0.05) is 12.1 Å². The molecule has 0 saturated carbocycles. The van der Waals surface area contributed by atoms with Crippen LogP contribution in [0.2, 0.25) is 0 Å². The lowest BCUT2D eigenvalue weighted by Gasteiger charge is -2.09. The van der Waals surface area contributed by atoms with Crippen molar-refractivity contribution in [3.05, 3.63) is 65.4 Å². The number of hydrogen-bond acceptors (Lipinski definition) is 3. The van der Waals surface area contributed by atoms with Crippen molar-refractivity contribution < 1.29 is 14.3 Å². The number of H-pyrrole nitrogens is 1. The molecule has 1 heterocycles. The molecule has 5 heteroatoms. The number of hydrogen-bond donors (Lipinski definition) is 2. The number of aromatic amines is 1. The van der Waals surface area contributed by atoms with Crippen molar-refractivity contribution in [1.29, 1.82) is 0 Å². The molecule has 2 aromatic carbocycles. The van der Waals surface area contributed by atoms with Crippen LogP contribution in [0.1, 0.15) is 41.3 Å². The number of aromatic nitrogens is 1. The maximum Gasteiger partial charge on any atom is 0.220 e. The van der Waals surface area contributed by atoms with E-state index in [1.165, 1.54) is 0 Å². The molecule has 0 spiro atoms. The number of amides is 1. The fourth-order valence-corrected chi connectivity index (χ4v) is 3.01. The number of fused-ring (bicyclic) bond motifs is 1. The Hall–Kier alpha value is -3.08. The molecule has 1 amide bonds. The molecule has 0 unspecified atom stereocenters. The van der Waals surface area contributed by atoms with Crippen molar-refractivity contribution >= 4 is 22.6 Å². The topological polar surface area (TPSA) is 71.2 Å². The van der Waals surface area contributed by atoms with Crippen molar-refractivity contribution in [3.63, 3.8) is 0 Å². The molecule has 3 rings (SSSR count). The van der Waals surface area contributed by atoms with Crippen LogP contribution in [0.5, 0.6) is 5.75 Å². The van der Waals surface area contributed by atoms with E-state index in [4.69, 9.17) is 4.74 Å². The van der Waals surface area contributed by atoms with Gasteiger partial charge in [-0.15, -0.1) is 0 Å². The second-order valence-electron chi connectivity index (χ2n) is 6.51. The van der Waals surface area contributed by atoms with Gasteiger partial charge in [0.15, 0.2) is 5.78 Å². The zero-order valence-electron chi connectivity index (χ0n) is 15.7. The Kier molecular flexibility index (Phi) is 5.91. The van der Waals surface area contributed by atoms with E-state index >= 15 is 0 Å². The van der Waals surface area contributed by atoms with E-state index in [9.17, 15) is 9.59 Å². The first-order valence-electron chi connectivity index (χ1n) is 9.16. The second kappa shape index (κ2) is 8.54. The quantitative estimate of drug-likeness (QED) is 0.590. The Bertz CT molecular complexity index is 959. The minimum atomic E-state index is -0.127. The van der Waals surface area contributed by atoms with E-state index in [0.29, 0.717) is 18.7 Å². The van der Waals surface area contributed by atoms with Gasteiger partial charge < -0.3 is 15.0 Å². The number of aryl methyl sites for hydroxylation is 1. The van der Waals surface area contributed by atoms with Crippen LogP contribution < -0.4 is 10.1 Å². The van der Waals surface area contributed by atoms with Crippen LogP contribution in [-0.4, -0.2) is 23.3 Å². The smallest absolute Gasteiger partial charge is 0.220 e. The number of Topliss-reactive ketones (excluding diaryl/α,β-unsaturated/α-hetero) is 1. The molecule has 0 aliphatic rings. The van der Waals surface area contributed by atoms with Gasteiger partial charge in [0.2, 0.25) is 5.91 Å². The highest BCUT2D eigenvalue weighted by Crippen LogP contribution is 2.20. The van der Waals surface area contributed by atoms with Crippen LogP contribution in [0.15, 0.2) is 48.7 Å². The number of carbonyl (C=O) groups excluding carboxylic acids is 2. The molecule has 3 aromatic rings. The highest BCUT2D eigenvalue weighted by atomic mass is 16.5. The summed E-state index contributed by atoms with van der Waals surface area (Å²) in [5.74, 6) is 0.618. The summed E-state index contributed by atoms with van der Waals surface area (Å²) in [7, 11) is 0. The minimum Gasteiger partial charge on any atom is -0.494 e. The van der Waals surface area contributed by atoms with Gasteiger partial charge in [0.05, 0.1) is 6.61 Å². The van der Waals surface area contributed by atoms with Gasteiger partial charge in [0.1, 0.15) is 5.75 Å². The summed E-state index contributed by atoms with van der Waals surface area (Å²) in [6.45, 7) is 4.87. The average molecular weight is 364 g/mol. The van der Waals surface area contributed by atoms with Crippen molar-refractivity contribution in [3.8, 4) is 5.75 Å². The van der Waals surface area contributed by atoms with Gasteiger partial charge in [-0.3, -0.25) is 9.59 Å². The summed E-state index contributed by atoms with van der Waals surface area (Å²) in [6.07, 6.45) is 2.26. The number of carbonyl (C=O) groups is 2. The first-order chi connectivity index (χ1) is 13.1. The Morgan fingerprint density at radius 3 is 2.70 bits per heavy atom. The highest BCUT2D eigenvalue weighted by Gasteiger charge is 2.11. The van der Waals surface area contributed by atoms with E-state index < -0.39 is 0 Å². The van der Waals surface area contributed by atoms with Crippen LogP contribution in [0.4, 0.5) is 0 Å². The van der Waals surface area contributed by atoms with Gasteiger partial charge in [0.25, 0.3) is 0 Å². The highest BCUT2D eigenvalue weighted by molar-refractivity contribution is 5.98. The standard InChI is InChI=1S/C22H24N2O3/c1-3-27-21-8-6-18(12-15(21)2)20(25)7-9-22(26)24-14-16-4-5-17-10-11-23-19(17)13-16/h4-6,8,10-13,23H,3,7,9,14H2,1-2H3,(H,24,26). The predicted octanol–water partition coefficient (Wildman–Crippen LogP) is 4.15. The third-order valence-electron chi connectivity index (χ3n) is 4.48. The number of rotatable bonds is 8. The summed E-state index contributed by atoms with van der Waals surface area (Å²) in [5.41, 5.74) is 3.60. The molecule has 0 bridgehead atoms. The fraction of sp³-hybridized carbons (Fsp3) is 0.273. The van der Waals surface area contributed by atoms with Crippen molar-refractivity contribution in [2.45, 2.75) is 33.2 Å². The van der Waals surface area contributed by atoms with E-state index in [-0.39, 0.29) is 24.5 Å². The maximum absolute atomic E-state index is 12.3. The van der Waals surface area contributed by atoms with Gasteiger partial charge >= 0.3 is 0 Å².